The van der Waals surface area contributed by atoms with Gasteiger partial charge < -0.3 is 16.4 Å². The Kier molecular flexibility index (Phi) is 3.58. The SMILES string of the molecule is NC(=O)c1cc(NC2CCCNC2)ccc1F. The van der Waals surface area contributed by atoms with Crippen molar-refractivity contribution in [1.29, 1.82) is 0 Å². The minimum atomic E-state index is -0.743. The van der Waals surface area contributed by atoms with Crippen molar-refractivity contribution >= 4 is 11.6 Å². The number of nitrogens with one attached hydrogen (secondary N) is 2. The van der Waals surface area contributed by atoms with E-state index in [4.69, 9.17) is 5.73 Å². The highest BCUT2D eigenvalue weighted by molar-refractivity contribution is 5.94. The average Bonchev–Trinajstić information content (AvgIpc) is 2.32. The first-order valence-electron chi connectivity index (χ1n) is 5.73. The van der Waals surface area contributed by atoms with E-state index >= 15 is 0 Å². The zero-order valence-corrected chi connectivity index (χ0v) is 9.50. The number of halogens is 1. The molecule has 1 amide bonds. The number of amides is 1. The molecule has 1 aliphatic rings. The molecule has 92 valence electrons. The summed E-state index contributed by atoms with van der Waals surface area (Å²) in [5.41, 5.74) is 5.76. The summed E-state index contributed by atoms with van der Waals surface area (Å²) in [6.07, 6.45) is 2.18. The number of rotatable bonds is 3. The summed E-state index contributed by atoms with van der Waals surface area (Å²) in [7, 11) is 0. The topological polar surface area (TPSA) is 67.2 Å². The average molecular weight is 237 g/mol. The van der Waals surface area contributed by atoms with Crippen molar-refractivity contribution in [3.63, 3.8) is 0 Å². The van der Waals surface area contributed by atoms with Gasteiger partial charge in [0.2, 0.25) is 0 Å². The second-order valence-corrected chi connectivity index (χ2v) is 4.25. The fraction of sp³-hybridized carbons (Fsp3) is 0.417. The number of hydrogen-bond donors (Lipinski definition) is 3. The molecule has 1 fully saturated rings. The lowest BCUT2D eigenvalue weighted by atomic mass is 10.1. The zero-order chi connectivity index (χ0) is 12.3. The van der Waals surface area contributed by atoms with Crippen molar-refractivity contribution in [3.05, 3.63) is 29.6 Å². The number of hydrogen-bond acceptors (Lipinski definition) is 3. The van der Waals surface area contributed by atoms with E-state index < -0.39 is 11.7 Å². The summed E-state index contributed by atoms with van der Waals surface area (Å²) in [6.45, 7) is 1.91. The molecule has 1 aromatic rings. The van der Waals surface area contributed by atoms with Crippen molar-refractivity contribution < 1.29 is 9.18 Å². The molecule has 17 heavy (non-hydrogen) atoms. The molecule has 1 aromatic carbocycles. The quantitative estimate of drug-likeness (QED) is 0.737. The maximum atomic E-state index is 13.3. The molecule has 1 atom stereocenters. The predicted molar refractivity (Wildman–Crippen MR) is 64.4 cm³/mol. The van der Waals surface area contributed by atoms with Crippen molar-refractivity contribution in [2.75, 3.05) is 18.4 Å². The second-order valence-electron chi connectivity index (χ2n) is 4.25. The molecule has 4 nitrogen and oxygen atoms in total. The highest BCUT2D eigenvalue weighted by atomic mass is 19.1. The van der Waals surface area contributed by atoms with E-state index in [-0.39, 0.29) is 5.56 Å². The van der Waals surface area contributed by atoms with Crippen LogP contribution in [0.4, 0.5) is 10.1 Å². The van der Waals surface area contributed by atoms with Gasteiger partial charge in [-0.15, -0.1) is 0 Å². The van der Waals surface area contributed by atoms with Crippen molar-refractivity contribution in [2.24, 2.45) is 5.73 Å². The Morgan fingerprint density at radius 3 is 3.00 bits per heavy atom. The lowest BCUT2D eigenvalue weighted by Crippen LogP contribution is -2.38. The van der Waals surface area contributed by atoms with E-state index in [1.54, 1.807) is 6.07 Å². The first kappa shape index (κ1) is 11.9. The van der Waals surface area contributed by atoms with Gasteiger partial charge in [0.1, 0.15) is 5.82 Å². The van der Waals surface area contributed by atoms with E-state index in [0.29, 0.717) is 6.04 Å². The summed E-state index contributed by atoms with van der Waals surface area (Å²) < 4.78 is 13.3. The fourth-order valence-corrected chi connectivity index (χ4v) is 2.01. The van der Waals surface area contributed by atoms with E-state index in [1.807, 2.05) is 0 Å². The Balaban J connectivity index is 2.10. The predicted octanol–water partition coefficient (Wildman–Crippen LogP) is 1.09. The summed E-state index contributed by atoms with van der Waals surface area (Å²) in [5, 5.41) is 6.54. The molecule has 1 unspecified atom stereocenters. The zero-order valence-electron chi connectivity index (χ0n) is 9.50. The van der Waals surface area contributed by atoms with Crippen LogP contribution in [0.5, 0.6) is 0 Å². The molecule has 0 spiro atoms. The third-order valence-corrected chi connectivity index (χ3v) is 2.90. The molecule has 1 heterocycles. The number of nitrogens with two attached hydrogens (primary N) is 1. The third-order valence-electron chi connectivity index (χ3n) is 2.90. The van der Waals surface area contributed by atoms with Crippen molar-refractivity contribution in [2.45, 2.75) is 18.9 Å². The molecule has 2 rings (SSSR count). The highest BCUT2D eigenvalue weighted by Gasteiger charge is 2.14. The second kappa shape index (κ2) is 5.14. The Hall–Kier alpha value is -1.62. The van der Waals surface area contributed by atoms with Crippen LogP contribution >= 0.6 is 0 Å². The first-order valence-corrected chi connectivity index (χ1v) is 5.73. The van der Waals surface area contributed by atoms with Gasteiger partial charge in [-0.25, -0.2) is 4.39 Å². The maximum absolute atomic E-state index is 13.3. The standard InChI is InChI=1S/C12H16FN3O/c13-11-4-3-8(6-10(11)12(14)17)16-9-2-1-5-15-7-9/h3-4,6,9,15-16H,1-2,5,7H2,(H2,14,17). The van der Waals surface area contributed by atoms with Crippen LogP contribution < -0.4 is 16.4 Å². The minimum absolute atomic E-state index is 0.0706. The van der Waals surface area contributed by atoms with Gasteiger partial charge >= 0.3 is 0 Å². The van der Waals surface area contributed by atoms with Crippen LogP contribution in [0.25, 0.3) is 0 Å². The number of anilines is 1. The smallest absolute Gasteiger partial charge is 0.251 e. The Morgan fingerprint density at radius 2 is 2.35 bits per heavy atom. The summed E-state index contributed by atoms with van der Waals surface area (Å²) in [5.74, 6) is -1.32. The number of primary amides is 1. The Morgan fingerprint density at radius 1 is 1.53 bits per heavy atom. The van der Waals surface area contributed by atoms with E-state index in [9.17, 15) is 9.18 Å². The Labute approximate surface area is 99.4 Å². The van der Waals surface area contributed by atoms with Gasteiger partial charge in [-0.3, -0.25) is 4.79 Å². The summed E-state index contributed by atoms with van der Waals surface area (Å²) in [6, 6.07) is 4.66. The fourth-order valence-electron chi connectivity index (χ4n) is 2.01. The number of carbonyl (C=O) groups is 1. The van der Waals surface area contributed by atoms with Gasteiger partial charge in [0.15, 0.2) is 0 Å². The summed E-state index contributed by atoms with van der Waals surface area (Å²) in [4.78, 5) is 11.0. The normalized spacial score (nSPS) is 19.9. The highest BCUT2D eigenvalue weighted by Crippen LogP contribution is 2.17. The molecule has 0 saturated carbocycles. The lowest BCUT2D eigenvalue weighted by molar-refractivity contribution is 0.0996. The van der Waals surface area contributed by atoms with E-state index in [1.165, 1.54) is 12.1 Å². The van der Waals surface area contributed by atoms with Crippen LogP contribution in [0.1, 0.15) is 23.2 Å². The molecular weight excluding hydrogens is 221 g/mol. The van der Waals surface area contributed by atoms with E-state index in [2.05, 4.69) is 10.6 Å². The molecule has 1 saturated heterocycles. The van der Waals surface area contributed by atoms with Gasteiger partial charge in [0.05, 0.1) is 5.56 Å². The maximum Gasteiger partial charge on any atom is 0.251 e. The molecule has 0 radical (unpaired) electrons. The number of benzene rings is 1. The molecule has 1 aliphatic heterocycles. The lowest BCUT2D eigenvalue weighted by Gasteiger charge is -2.25. The Bertz CT molecular complexity index is 416. The summed E-state index contributed by atoms with van der Waals surface area (Å²) >= 11 is 0. The molecule has 0 bridgehead atoms. The van der Waals surface area contributed by atoms with Crippen LogP contribution in [0.2, 0.25) is 0 Å². The van der Waals surface area contributed by atoms with Crippen LogP contribution in [0.3, 0.4) is 0 Å². The van der Waals surface area contributed by atoms with Crippen LogP contribution in [0.15, 0.2) is 18.2 Å². The van der Waals surface area contributed by atoms with Crippen LogP contribution in [-0.2, 0) is 0 Å². The van der Waals surface area contributed by atoms with Crippen molar-refractivity contribution in [1.82, 2.24) is 5.32 Å². The van der Waals surface area contributed by atoms with Gasteiger partial charge in [-0.2, -0.15) is 0 Å². The molecular formula is C12H16FN3O. The van der Waals surface area contributed by atoms with Crippen molar-refractivity contribution in [3.8, 4) is 0 Å². The number of piperidine rings is 1. The van der Waals surface area contributed by atoms with Crippen LogP contribution in [-0.4, -0.2) is 25.0 Å². The molecule has 0 aromatic heterocycles. The third kappa shape index (κ3) is 2.94. The molecule has 0 aliphatic carbocycles. The van der Waals surface area contributed by atoms with Gasteiger partial charge in [-0.05, 0) is 37.6 Å². The first-order chi connectivity index (χ1) is 8.16. The van der Waals surface area contributed by atoms with Gasteiger partial charge in [0.25, 0.3) is 5.91 Å². The largest absolute Gasteiger partial charge is 0.381 e. The minimum Gasteiger partial charge on any atom is -0.381 e. The molecule has 5 heteroatoms. The van der Waals surface area contributed by atoms with Gasteiger partial charge in [-0.1, -0.05) is 0 Å². The number of carbonyl (C=O) groups excluding carboxylic acids is 1. The molecule has 4 N–H and O–H groups in total. The van der Waals surface area contributed by atoms with Gasteiger partial charge in [0, 0.05) is 18.3 Å². The van der Waals surface area contributed by atoms with E-state index in [0.717, 1.165) is 31.6 Å². The van der Waals surface area contributed by atoms with Crippen LogP contribution in [0, 0.1) is 5.82 Å². The monoisotopic (exact) mass is 237 g/mol.